The van der Waals surface area contributed by atoms with Gasteiger partial charge >= 0.3 is 0 Å². The Morgan fingerprint density at radius 3 is 2.82 bits per heavy atom. The van der Waals surface area contributed by atoms with E-state index in [1.54, 1.807) is 22.7 Å². The highest BCUT2D eigenvalue weighted by Gasteiger charge is 2.22. The molecule has 2 aliphatic carbocycles. The van der Waals surface area contributed by atoms with Crippen molar-refractivity contribution in [2.75, 3.05) is 12.3 Å². The third kappa shape index (κ3) is 3.52. The Hall–Kier alpha value is -2.74. The number of hydrogen-bond donors (Lipinski definition) is 1. The summed E-state index contributed by atoms with van der Waals surface area (Å²) in [6.45, 7) is 2.20. The fourth-order valence-electron chi connectivity index (χ4n) is 3.60. The van der Waals surface area contributed by atoms with Crippen LogP contribution in [0.2, 0.25) is 0 Å². The molecular weight excluding hydrogens is 376 g/mol. The minimum Gasteiger partial charge on any atom is -0.490 e. The first kappa shape index (κ1) is 18.6. The number of nitrogens with zero attached hydrogens (tertiary/aromatic N) is 3. The summed E-state index contributed by atoms with van der Waals surface area (Å²) in [5.74, 6) is 0.726. The van der Waals surface area contributed by atoms with E-state index < -0.39 is 5.56 Å². The zero-order valence-corrected chi connectivity index (χ0v) is 16.5. The number of allylic oxidation sites excluding steroid dienone is 4. The molecule has 0 atom stereocenters. The van der Waals surface area contributed by atoms with Crippen LogP contribution in [0.3, 0.4) is 0 Å². The molecule has 2 aliphatic rings. The maximum Gasteiger partial charge on any atom is 0.283 e. The van der Waals surface area contributed by atoms with Crippen molar-refractivity contribution in [3.8, 4) is 0 Å². The molecule has 0 aliphatic heterocycles. The van der Waals surface area contributed by atoms with Crippen LogP contribution in [-0.4, -0.2) is 27.0 Å². The number of rotatable bonds is 4. The average molecular weight is 398 g/mol. The van der Waals surface area contributed by atoms with E-state index in [2.05, 4.69) is 10.1 Å². The number of carbonyl (C=O) groups is 1. The van der Waals surface area contributed by atoms with Crippen molar-refractivity contribution in [1.82, 2.24) is 14.6 Å². The van der Waals surface area contributed by atoms with E-state index in [4.69, 9.17) is 10.5 Å². The molecule has 0 saturated heterocycles. The van der Waals surface area contributed by atoms with Gasteiger partial charge in [-0.25, -0.2) is 0 Å². The summed E-state index contributed by atoms with van der Waals surface area (Å²) in [7, 11) is 0. The summed E-state index contributed by atoms with van der Waals surface area (Å²) in [5, 5.41) is 5.65. The van der Waals surface area contributed by atoms with Crippen LogP contribution < -0.4 is 11.3 Å². The average Bonchev–Trinajstić information content (AvgIpc) is 3.12. The predicted octanol–water partition coefficient (Wildman–Crippen LogP) is 3.22. The third-order valence-corrected chi connectivity index (χ3v) is 6.11. The second-order valence-corrected chi connectivity index (χ2v) is 7.96. The molecule has 1 saturated carbocycles. The zero-order chi connectivity index (χ0) is 19.7. The summed E-state index contributed by atoms with van der Waals surface area (Å²) >= 11 is 1.44. The van der Waals surface area contributed by atoms with Crippen LogP contribution in [0.5, 0.6) is 0 Å². The molecule has 28 heavy (non-hydrogen) atoms. The van der Waals surface area contributed by atoms with Crippen molar-refractivity contribution in [1.29, 1.82) is 0 Å². The van der Waals surface area contributed by atoms with Gasteiger partial charge in [-0.3, -0.25) is 9.59 Å². The minimum atomic E-state index is -0.402. The highest BCUT2D eigenvalue weighted by molar-refractivity contribution is 7.16. The fraction of sp³-hybridized carbons (Fsp3) is 0.400. The van der Waals surface area contributed by atoms with Gasteiger partial charge in [0.15, 0.2) is 5.76 Å². The molecule has 0 spiro atoms. The highest BCUT2D eigenvalue weighted by atomic mass is 32.1. The summed E-state index contributed by atoms with van der Waals surface area (Å²) in [4.78, 5) is 29.1. The lowest BCUT2D eigenvalue weighted by atomic mass is 9.90. The van der Waals surface area contributed by atoms with Crippen molar-refractivity contribution in [3.05, 3.63) is 50.5 Å². The molecule has 0 radical (unpaired) electrons. The predicted molar refractivity (Wildman–Crippen MR) is 109 cm³/mol. The Labute approximate surface area is 166 Å². The van der Waals surface area contributed by atoms with Gasteiger partial charge in [-0.15, -0.1) is 0 Å². The molecular formula is C20H22N4O3S. The summed E-state index contributed by atoms with van der Waals surface area (Å²) < 4.78 is 6.91. The number of anilines is 1. The first-order chi connectivity index (χ1) is 13.6. The van der Waals surface area contributed by atoms with Gasteiger partial charge in [-0.2, -0.15) is 14.6 Å². The van der Waals surface area contributed by atoms with E-state index in [-0.39, 0.29) is 22.9 Å². The molecule has 8 heteroatoms. The number of ketones is 1. The van der Waals surface area contributed by atoms with Crippen LogP contribution in [0.25, 0.3) is 11.0 Å². The van der Waals surface area contributed by atoms with E-state index in [1.807, 2.05) is 6.92 Å². The quantitative estimate of drug-likeness (QED) is 0.849. The molecule has 0 aromatic carbocycles. The van der Waals surface area contributed by atoms with Crippen LogP contribution in [-0.2, 0) is 9.53 Å². The Morgan fingerprint density at radius 2 is 2.07 bits per heavy atom. The van der Waals surface area contributed by atoms with Crippen LogP contribution in [0.1, 0.15) is 55.5 Å². The number of fused-ring (bicyclic) bond motifs is 1. The summed E-state index contributed by atoms with van der Waals surface area (Å²) in [5.41, 5.74) is 6.79. The van der Waals surface area contributed by atoms with Gasteiger partial charge < -0.3 is 10.5 Å². The number of ether oxygens (including phenoxy) is 1. The number of hydrogen-bond acceptors (Lipinski definition) is 7. The van der Waals surface area contributed by atoms with E-state index >= 15 is 0 Å². The van der Waals surface area contributed by atoms with Crippen LogP contribution >= 0.6 is 11.3 Å². The molecule has 0 amide bonds. The SMILES string of the molecule is CCOC1=C/C(=C/c2c(N)n3nc(C4CCCCC4)sc3nc2=O)C=CC1=O. The van der Waals surface area contributed by atoms with Gasteiger partial charge in [0.05, 0.1) is 12.2 Å². The largest absolute Gasteiger partial charge is 0.490 e. The van der Waals surface area contributed by atoms with Crippen molar-refractivity contribution >= 4 is 34.0 Å². The molecule has 0 bridgehead atoms. The number of carbonyl (C=O) groups excluding carboxylic acids is 1. The van der Waals surface area contributed by atoms with Crippen molar-refractivity contribution in [3.63, 3.8) is 0 Å². The van der Waals surface area contributed by atoms with Crippen molar-refractivity contribution in [2.45, 2.75) is 44.9 Å². The lowest BCUT2D eigenvalue weighted by Crippen LogP contribution is -2.17. The molecule has 1 fully saturated rings. The van der Waals surface area contributed by atoms with Gasteiger partial charge in [0.1, 0.15) is 10.8 Å². The molecule has 2 N–H and O–H groups in total. The Balaban J connectivity index is 1.74. The molecule has 2 aromatic rings. The van der Waals surface area contributed by atoms with Gasteiger partial charge in [0.2, 0.25) is 10.7 Å². The molecule has 2 heterocycles. The molecule has 0 unspecified atom stereocenters. The molecule has 2 aromatic heterocycles. The van der Waals surface area contributed by atoms with Crippen LogP contribution in [0.15, 0.2) is 34.4 Å². The maximum absolute atomic E-state index is 12.6. The van der Waals surface area contributed by atoms with Gasteiger partial charge in [-0.05, 0) is 43.6 Å². The van der Waals surface area contributed by atoms with Crippen molar-refractivity contribution < 1.29 is 9.53 Å². The summed E-state index contributed by atoms with van der Waals surface area (Å²) in [6, 6.07) is 0. The van der Waals surface area contributed by atoms with Crippen LogP contribution in [0, 0.1) is 0 Å². The Bertz CT molecular complexity index is 1070. The van der Waals surface area contributed by atoms with Gasteiger partial charge in [-0.1, -0.05) is 36.7 Å². The molecule has 146 valence electrons. The van der Waals surface area contributed by atoms with Crippen LogP contribution in [0.4, 0.5) is 5.82 Å². The molecule has 7 nitrogen and oxygen atoms in total. The first-order valence-electron chi connectivity index (χ1n) is 9.54. The minimum absolute atomic E-state index is 0.200. The fourth-order valence-corrected chi connectivity index (χ4v) is 4.66. The third-order valence-electron chi connectivity index (χ3n) is 5.04. The standard InChI is InChI=1S/C20H22N4O3S/c1-2-27-16-11-12(8-9-15(16)25)10-14-17(21)24-20(22-18(14)26)28-19(23-24)13-6-4-3-5-7-13/h8-11,13H,2-7,21H2,1H3/b12-10+. The maximum atomic E-state index is 12.6. The second-order valence-electron chi connectivity index (χ2n) is 6.97. The first-order valence-corrected chi connectivity index (χ1v) is 10.4. The normalized spacial score (nSPS) is 19.4. The number of nitrogens with two attached hydrogens (primary N) is 1. The van der Waals surface area contributed by atoms with E-state index in [9.17, 15) is 9.59 Å². The monoisotopic (exact) mass is 398 g/mol. The Kier molecular flexibility index (Phi) is 5.13. The van der Waals surface area contributed by atoms with Crippen molar-refractivity contribution in [2.24, 2.45) is 0 Å². The van der Waals surface area contributed by atoms with Gasteiger partial charge in [0, 0.05) is 5.92 Å². The number of aromatic nitrogens is 3. The molecule has 4 rings (SSSR count). The zero-order valence-electron chi connectivity index (χ0n) is 15.7. The summed E-state index contributed by atoms with van der Waals surface area (Å²) in [6.07, 6.45) is 12.2. The number of nitrogen functional groups attached to an aromatic ring is 1. The van der Waals surface area contributed by atoms with E-state index in [0.29, 0.717) is 23.1 Å². The lowest BCUT2D eigenvalue weighted by molar-refractivity contribution is -0.114. The lowest BCUT2D eigenvalue weighted by Gasteiger charge is -2.18. The van der Waals surface area contributed by atoms with E-state index in [0.717, 1.165) is 17.8 Å². The topological polar surface area (TPSA) is 99.6 Å². The van der Waals surface area contributed by atoms with Gasteiger partial charge in [0.25, 0.3) is 5.56 Å². The smallest absolute Gasteiger partial charge is 0.283 e. The van der Waals surface area contributed by atoms with E-state index in [1.165, 1.54) is 36.7 Å². The Morgan fingerprint density at radius 1 is 1.29 bits per heavy atom. The highest BCUT2D eigenvalue weighted by Crippen LogP contribution is 2.35. The second kappa shape index (κ2) is 7.71.